The lowest BCUT2D eigenvalue weighted by atomic mass is 9.96. The van der Waals surface area contributed by atoms with E-state index in [1.807, 2.05) is 48.5 Å². The number of carbonyl (C=O) groups is 1. The Balaban J connectivity index is 1.74. The summed E-state index contributed by atoms with van der Waals surface area (Å²) >= 11 is 0. The molecule has 0 spiro atoms. The van der Waals surface area contributed by atoms with Gasteiger partial charge in [-0.15, -0.1) is 0 Å². The van der Waals surface area contributed by atoms with Gasteiger partial charge in [-0.25, -0.2) is 9.78 Å². The van der Waals surface area contributed by atoms with Gasteiger partial charge in [-0.05, 0) is 6.07 Å². The van der Waals surface area contributed by atoms with Crippen molar-refractivity contribution in [2.75, 3.05) is 40.3 Å². The van der Waals surface area contributed by atoms with Crippen molar-refractivity contribution in [3.8, 4) is 11.3 Å². The third-order valence-electron chi connectivity index (χ3n) is 5.76. The van der Waals surface area contributed by atoms with Gasteiger partial charge in [0.05, 0.1) is 16.8 Å². The Hall–Kier alpha value is -2.85. The van der Waals surface area contributed by atoms with E-state index >= 15 is 0 Å². The van der Waals surface area contributed by atoms with Crippen LogP contribution in [-0.2, 0) is 16.8 Å². The number of benzene rings is 2. The van der Waals surface area contributed by atoms with E-state index in [2.05, 4.69) is 4.90 Å². The minimum atomic E-state index is -3.46. The molecule has 1 aromatic heterocycles. The topological polar surface area (TPSA) is 94.1 Å². The summed E-state index contributed by atoms with van der Waals surface area (Å²) in [7, 11) is -0.421. The number of hydrogen-bond donors (Lipinski definition) is 1. The van der Waals surface area contributed by atoms with Gasteiger partial charge in [0.1, 0.15) is 0 Å². The zero-order valence-electron chi connectivity index (χ0n) is 18.1. The summed E-state index contributed by atoms with van der Waals surface area (Å²) in [4.78, 5) is 19.3. The number of fused-ring (bicyclic) bond motifs is 1. The lowest BCUT2D eigenvalue weighted by molar-refractivity contribution is 0.0696. The molecule has 168 valence electrons. The van der Waals surface area contributed by atoms with Crippen molar-refractivity contribution in [1.82, 2.24) is 18.5 Å². The molecule has 9 heteroatoms. The highest BCUT2D eigenvalue weighted by Gasteiger charge is 2.30. The number of para-hydroxylation sites is 1. The highest BCUT2D eigenvalue weighted by Crippen LogP contribution is 2.31. The van der Waals surface area contributed by atoms with Gasteiger partial charge in [-0.2, -0.15) is 17.0 Å². The normalized spacial score (nSPS) is 16.0. The van der Waals surface area contributed by atoms with Gasteiger partial charge < -0.3 is 5.11 Å². The first-order chi connectivity index (χ1) is 15.3. The largest absolute Gasteiger partial charge is 0.478 e. The maximum absolute atomic E-state index is 12.4. The summed E-state index contributed by atoms with van der Waals surface area (Å²) in [6, 6.07) is 16.8. The van der Waals surface area contributed by atoms with Crippen LogP contribution in [0.4, 0.5) is 0 Å². The van der Waals surface area contributed by atoms with Gasteiger partial charge in [0.2, 0.25) is 0 Å². The van der Waals surface area contributed by atoms with E-state index in [1.54, 1.807) is 6.07 Å². The first kappa shape index (κ1) is 22.3. The zero-order chi connectivity index (χ0) is 22.9. The lowest BCUT2D eigenvalue weighted by Crippen LogP contribution is -2.51. The third kappa shape index (κ3) is 4.24. The van der Waals surface area contributed by atoms with E-state index in [0.717, 1.165) is 5.56 Å². The highest BCUT2D eigenvalue weighted by molar-refractivity contribution is 7.86. The Kier molecular flexibility index (Phi) is 6.25. The summed E-state index contributed by atoms with van der Waals surface area (Å²) in [6.07, 6.45) is 0. The van der Waals surface area contributed by atoms with Gasteiger partial charge in [0.25, 0.3) is 10.2 Å². The van der Waals surface area contributed by atoms with Gasteiger partial charge in [-0.3, -0.25) is 4.90 Å². The molecule has 1 saturated heterocycles. The maximum Gasteiger partial charge on any atom is 0.336 e. The number of carboxylic acids is 1. The predicted octanol–water partition coefficient (Wildman–Crippen LogP) is 2.52. The third-order valence-corrected chi connectivity index (χ3v) is 7.70. The molecule has 0 unspecified atom stereocenters. The molecule has 1 N–H and O–H groups in total. The second-order valence-electron chi connectivity index (χ2n) is 7.97. The number of hydrogen-bond acceptors (Lipinski definition) is 5. The average Bonchev–Trinajstić information content (AvgIpc) is 2.79. The van der Waals surface area contributed by atoms with E-state index in [4.69, 9.17) is 4.98 Å². The summed E-state index contributed by atoms with van der Waals surface area (Å²) in [5.41, 5.74) is 3.02. The molecule has 2 aromatic carbocycles. The monoisotopic (exact) mass is 454 g/mol. The van der Waals surface area contributed by atoms with Crippen LogP contribution in [0.25, 0.3) is 22.2 Å². The van der Waals surface area contributed by atoms with Crippen molar-refractivity contribution in [2.45, 2.75) is 6.54 Å². The molecule has 0 aliphatic carbocycles. The van der Waals surface area contributed by atoms with Crippen molar-refractivity contribution in [1.29, 1.82) is 0 Å². The summed E-state index contributed by atoms with van der Waals surface area (Å²) in [5.74, 6) is -0.996. The van der Waals surface area contributed by atoms with E-state index in [1.165, 1.54) is 22.7 Å². The summed E-state index contributed by atoms with van der Waals surface area (Å²) in [6.45, 7) is 2.09. The fourth-order valence-electron chi connectivity index (χ4n) is 4.06. The minimum Gasteiger partial charge on any atom is -0.478 e. The smallest absolute Gasteiger partial charge is 0.336 e. The molecule has 0 amide bonds. The van der Waals surface area contributed by atoms with Gasteiger partial charge in [-0.1, -0.05) is 48.5 Å². The van der Waals surface area contributed by atoms with Crippen LogP contribution >= 0.6 is 0 Å². The number of piperazine rings is 1. The molecule has 1 aliphatic heterocycles. The highest BCUT2D eigenvalue weighted by atomic mass is 32.2. The summed E-state index contributed by atoms with van der Waals surface area (Å²) < 4.78 is 27.5. The van der Waals surface area contributed by atoms with Gasteiger partial charge in [0.15, 0.2) is 0 Å². The number of nitrogens with zero attached hydrogens (tertiary/aromatic N) is 4. The zero-order valence-corrected chi connectivity index (χ0v) is 18.9. The first-order valence-corrected chi connectivity index (χ1v) is 11.8. The standard InChI is InChI=1S/C23H26N4O4S/c1-25(2)32(30,31)27-14-12-26(13-15-27)16-19-21(23(28)29)18-10-6-7-11-20(18)24-22(19)17-8-4-3-5-9-17/h3-11H,12-16H2,1-2H3,(H,28,29). The van der Waals surface area contributed by atoms with Gasteiger partial charge in [0, 0.05) is 63.3 Å². The van der Waals surface area contributed by atoms with Gasteiger partial charge >= 0.3 is 5.97 Å². The Morgan fingerprint density at radius 3 is 2.25 bits per heavy atom. The Bertz CT molecular complexity index is 1240. The van der Waals surface area contributed by atoms with Crippen LogP contribution in [0.5, 0.6) is 0 Å². The van der Waals surface area contributed by atoms with Crippen molar-refractivity contribution < 1.29 is 18.3 Å². The van der Waals surface area contributed by atoms with Crippen molar-refractivity contribution in [3.63, 3.8) is 0 Å². The molecule has 0 bridgehead atoms. The van der Waals surface area contributed by atoms with Crippen LogP contribution in [0.1, 0.15) is 15.9 Å². The SMILES string of the molecule is CN(C)S(=O)(=O)N1CCN(Cc2c(-c3ccccc3)nc3ccccc3c2C(=O)O)CC1. The maximum atomic E-state index is 12.4. The van der Waals surface area contributed by atoms with E-state index in [9.17, 15) is 18.3 Å². The van der Waals surface area contributed by atoms with Crippen LogP contribution in [0.15, 0.2) is 54.6 Å². The number of carboxylic acid groups (broad SMARTS) is 1. The fourth-order valence-corrected chi connectivity index (χ4v) is 5.14. The van der Waals surface area contributed by atoms with E-state index < -0.39 is 16.2 Å². The Morgan fingerprint density at radius 2 is 1.62 bits per heavy atom. The van der Waals surface area contributed by atoms with E-state index in [0.29, 0.717) is 54.9 Å². The second-order valence-corrected chi connectivity index (χ2v) is 10.1. The number of pyridine rings is 1. The molecule has 0 atom stereocenters. The molecule has 4 rings (SSSR count). The first-order valence-electron chi connectivity index (χ1n) is 10.4. The minimum absolute atomic E-state index is 0.248. The molecule has 3 aromatic rings. The molecular weight excluding hydrogens is 428 g/mol. The van der Waals surface area contributed by atoms with Crippen molar-refractivity contribution >= 4 is 27.1 Å². The molecular formula is C23H26N4O4S. The number of aromatic nitrogens is 1. The summed E-state index contributed by atoms with van der Waals surface area (Å²) in [5, 5.41) is 10.7. The average molecular weight is 455 g/mol. The van der Waals surface area contributed by atoms with E-state index in [-0.39, 0.29) is 5.56 Å². The Labute approximate surface area is 187 Å². The number of rotatable bonds is 6. The molecule has 0 radical (unpaired) electrons. The van der Waals surface area contributed by atoms with Crippen LogP contribution < -0.4 is 0 Å². The van der Waals surface area contributed by atoms with Crippen LogP contribution in [0, 0.1) is 0 Å². The fraction of sp³-hybridized carbons (Fsp3) is 0.304. The second kappa shape index (κ2) is 8.95. The van der Waals surface area contributed by atoms with Crippen LogP contribution in [-0.4, -0.2) is 78.3 Å². The number of aromatic carboxylic acids is 1. The predicted molar refractivity (Wildman–Crippen MR) is 124 cm³/mol. The molecule has 8 nitrogen and oxygen atoms in total. The van der Waals surface area contributed by atoms with Crippen molar-refractivity contribution in [3.05, 3.63) is 65.7 Å². The van der Waals surface area contributed by atoms with Crippen LogP contribution in [0.2, 0.25) is 0 Å². The van der Waals surface area contributed by atoms with Crippen molar-refractivity contribution in [2.24, 2.45) is 0 Å². The Morgan fingerprint density at radius 1 is 1.00 bits per heavy atom. The molecule has 1 aliphatic rings. The molecule has 1 fully saturated rings. The lowest BCUT2D eigenvalue weighted by Gasteiger charge is -2.35. The van der Waals surface area contributed by atoms with Crippen LogP contribution in [0.3, 0.4) is 0 Å². The molecule has 2 heterocycles. The molecule has 0 saturated carbocycles. The molecule has 32 heavy (non-hydrogen) atoms. The quantitative estimate of drug-likeness (QED) is 0.615.